The molecule has 0 aliphatic carbocycles. The predicted octanol–water partition coefficient (Wildman–Crippen LogP) is 1.63. The highest BCUT2D eigenvalue weighted by Gasteiger charge is 2.33. The SMILES string of the molecule is CC(C)N1CC(NS(=O)(=O)c2ccc(Cl)cc2)CC1=O. The fraction of sp³-hybridized carbons (Fsp3) is 0.462. The number of likely N-dealkylation sites (tertiary alicyclic amines) is 1. The molecule has 2 rings (SSSR count). The molecule has 0 bridgehead atoms. The molecule has 1 fully saturated rings. The normalized spacial score (nSPS) is 19.9. The summed E-state index contributed by atoms with van der Waals surface area (Å²) >= 11 is 5.74. The van der Waals surface area contributed by atoms with Crippen LogP contribution in [0.15, 0.2) is 29.2 Å². The van der Waals surface area contributed by atoms with Crippen molar-refractivity contribution >= 4 is 27.5 Å². The van der Waals surface area contributed by atoms with Gasteiger partial charge in [-0.2, -0.15) is 0 Å². The van der Waals surface area contributed by atoms with Crippen LogP contribution < -0.4 is 4.72 Å². The van der Waals surface area contributed by atoms with Gasteiger partial charge >= 0.3 is 0 Å². The number of sulfonamides is 1. The zero-order valence-electron chi connectivity index (χ0n) is 11.3. The van der Waals surface area contributed by atoms with Gasteiger partial charge in [0.15, 0.2) is 0 Å². The summed E-state index contributed by atoms with van der Waals surface area (Å²) in [4.78, 5) is 13.6. The first kappa shape index (κ1) is 15.3. The van der Waals surface area contributed by atoms with Crippen LogP contribution >= 0.6 is 11.6 Å². The highest BCUT2D eigenvalue weighted by molar-refractivity contribution is 7.89. The summed E-state index contributed by atoms with van der Waals surface area (Å²) in [6, 6.07) is 5.63. The second kappa shape index (κ2) is 5.71. The van der Waals surface area contributed by atoms with Crippen molar-refractivity contribution < 1.29 is 13.2 Å². The van der Waals surface area contributed by atoms with Gasteiger partial charge in [0.25, 0.3) is 0 Å². The lowest BCUT2D eigenvalue weighted by molar-refractivity contribution is -0.129. The second-order valence-electron chi connectivity index (χ2n) is 5.12. The van der Waals surface area contributed by atoms with Crippen molar-refractivity contribution in [3.8, 4) is 0 Å². The molecule has 0 aromatic heterocycles. The average molecular weight is 317 g/mol. The van der Waals surface area contributed by atoms with E-state index in [1.807, 2.05) is 13.8 Å². The van der Waals surface area contributed by atoms with Crippen LogP contribution in [0.4, 0.5) is 0 Å². The maximum absolute atomic E-state index is 12.2. The van der Waals surface area contributed by atoms with Gasteiger partial charge < -0.3 is 4.90 Å². The van der Waals surface area contributed by atoms with Gasteiger partial charge in [-0.15, -0.1) is 0 Å². The van der Waals surface area contributed by atoms with E-state index in [0.29, 0.717) is 11.6 Å². The molecular weight excluding hydrogens is 300 g/mol. The molecule has 1 aromatic carbocycles. The first-order chi connectivity index (χ1) is 9.29. The van der Waals surface area contributed by atoms with E-state index < -0.39 is 10.0 Å². The number of amides is 1. The molecule has 110 valence electrons. The molecule has 1 amide bonds. The summed E-state index contributed by atoms with van der Waals surface area (Å²) < 4.78 is 27.0. The molecule has 1 atom stereocenters. The number of hydrogen-bond donors (Lipinski definition) is 1. The van der Waals surface area contributed by atoms with Crippen LogP contribution in [0.25, 0.3) is 0 Å². The Hall–Kier alpha value is -1.11. The Bertz CT molecular complexity index is 599. The minimum absolute atomic E-state index is 0.0243. The lowest BCUT2D eigenvalue weighted by Gasteiger charge is -2.21. The highest BCUT2D eigenvalue weighted by Crippen LogP contribution is 2.18. The van der Waals surface area contributed by atoms with E-state index in [2.05, 4.69) is 4.72 Å². The zero-order valence-corrected chi connectivity index (χ0v) is 12.9. The monoisotopic (exact) mass is 316 g/mol. The molecule has 20 heavy (non-hydrogen) atoms. The first-order valence-corrected chi connectivity index (χ1v) is 8.23. The van der Waals surface area contributed by atoms with Gasteiger partial charge in [0.05, 0.1) is 4.90 Å². The summed E-state index contributed by atoms with van der Waals surface area (Å²) in [5.74, 6) is -0.0243. The van der Waals surface area contributed by atoms with E-state index in [1.54, 1.807) is 4.90 Å². The van der Waals surface area contributed by atoms with Gasteiger partial charge in [0.1, 0.15) is 0 Å². The number of halogens is 1. The van der Waals surface area contributed by atoms with Crippen LogP contribution in [0.2, 0.25) is 5.02 Å². The fourth-order valence-corrected chi connectivity index (χ4v) is 3.56. The largest absolute Gasteiger partial charge is 0.339 e. The van der Waals surface area contributed by atoms with Crippen LogP contribution in [0.1, 0.15) is 20.3 Å². The molecule has 0 saturated carbocycles. The van der Waals surface area contributed by atoms with Gasteiger partial charge in [-0.3, -0.25) is 4.79 Å². The van der Waals surface area contributed by atoms with Crippen molar-refractivity contribution in [3.05, 3.63) is 29.3 Å². The average Bonchev–Trinajstić information content (AvgIpc) is 2.70. The number of nitrogens with one attached hydrogen (secondary N) is 1. The van der Waals surface area contributed by atoms with Crippen molar-refractivity contribution in [2.75, 3.05) is 6.54 Å². The molecule has 1 aliphatic rings. The lowest BCUT2D eigenvalue weighted by atomic mass is 10.3. The number of carbonyl (C=O) groups is 1. The molecule has 1 heterocycles. The second-order valence-corrected chi connectivity index (χ2v) is 7.27. The van der Waals surface area contributed by atoms with Crippen molar-refractivity contribution in [2.45, 2.75) is 37.2 Å². The van der Waals surface area contributed by atoms with Crippen molar-refractivity contribution in [1.29, 1.82) is 0 Å². The molecule has 1 aromatic rings. The van der Waals surface area contributed by atoms with E-state index in [4.69, 9.17) is 11.6 Å². The quantitative estimate of drug-likeness (QED) is 0.918. The van der Waals surface area contributed by atoms with Crippen LogP contribution in [0.5, 0.6) is 0 Å². The van der Waals surface area contributed by atoms with Crippen molar-refractivity contribution in [3.63, 3.8) is 0 Å². The summed E-state index contributed by atoms with van der Waals surface area (Å²) in [5, 5.41) is 0.478. The van der Waals surface area contributed by atoms with Crippen molar-refractivity contribution in [1.82, 2.24) is 9.62 Å². The van der Waals surface area contributed by atoms with Crippen LogP contribution in [0, 0.1) is 0 Å². The Balaban J connectivity index is 2.10. The Morgan fingerprint density at radius 1 is 1.30 bits per heavy atom. The van der Waals surface area contributed by atoms with E-state index in [-0.39, 0.29) is 29.3 Å². The third-order valence-electron chi connectivity index (χ3n) is 3.23. The minimum Gasteiger partial charge on any atom is -0.339 e. The minimum atomic E-state index is -3.62. The third kappa shape index (κ3) is 3.31. The maximum Gasteiger partial charge on any atom is 0.240 e. The van der Waals surface area contributed by atoms with Gasteiger partial charge in [-0.1, -0.05) is 11.6 Å². The summed E-state index contributed by atoms with van der Waals surface area (Å²) in [5.41, 5.74) is 0. The first-order valence-electron chi connectivity index (χ1n) is 6.37. The van der Waals surface area contributed by atoms with Gasteiger partial charge in [0.2, 0.25) is 15.9 Å². The zero-order chi connectivity index (χ0) is 14.9. The lowest BCUT2D eigenvalue weighted by Crippen LogP contribution is -2.38. The molecule has 7 heteroatoms. The van der Waals surface area contributed by atoms with E-state index in [1.165, 1.54) is 24.3 Å². The smallest absolute Gasteiger partial charge is 0.240 e. The number of nitrogens with zero attached hydrogens (tertiary/aromatic N) is 1. The Kier molecular flexibility index (Phi) is 4.36. The molecule has 0 spiro atoms. The molecule has 0 radical (unpaired) electrons. The topological polar surface area (TPSA) is 66.5 Å². The molecule has 1 aliphatic heterocycles. The Morgan fingerprint density at radius 3 is 2.40 bits per heavy atom. The van der Waals surface area contributed by atoms with Crippen LogP contribution in [-0.4, -0.2) is 37.9 Å². The summed E-state index contributed by atoms with van der Waals surface area (Å²) in [6.45, 7) is 4.23. The molecule has 1 saturated heterocycles. The number of rotatable bonds is 4. The van der Waals surface area contributed by atoms with E-state index >= 15 is 0 Å². The van der Waals surface area contributed by atoms with Crippen molar-refractivity contribution in [2.24, 2.45) is 0 Å². The maximum atomic E-state index is 12.2. The molecule has 5 nitrogen and oxygen atoms in total. The predicted molar refractivity (Wildman–Crippen MR) is 77.0 cm³/mol. The Labute approximate surface area is 124 Å². The summed E-state index contributed by atoms with van der Waals surface area (Å²) in [7, 11) is -3.62. The standard InChI is InChI=1S/C13H17ClN2O3S/c1-9(2)16-8-11(7-13(16)17)15-20(18,19)12-5-3-10(14)4-6-12/h3-6,9,11,15H,7-8H2,1-2H3. The third-order valence-corrected chi connectivity index (χ3v) is 5.02. The van der Waals surface area contributed by atoms with E-state index in [0.717, 1.165) is 0 Å². The van der Waals surface area contributed by atoms with E-state index in [9.17, 15) is 13.2 Å². The van der Waals surface area contributed by atoms with Crippen LogP contribution in [0.3, 0.4) is 0 Å². The number of benzene rings is 1. The van der Waals surface area contributed by atoms with Gasteiger partial charge in [-0.25, -0.2) is 13.1 Å². The number of hydrogen-bond acceptors (Lipinski definition) is 3. The van der Waals surface area contributed by atoms with Gasteiger partial charge in [-0.05, 0) is 38.1 Å². The Morgan fingerprint density at radius 2 is 1.90 bits per heavy atom. The molecule has 1 N–H and O–H groups in total. The molecular formula is C13H17ClN2O3S. The van der Waals surface area contributed by atoms with Crippen LogP contribution in [-0.2, 0) is 14.8 Å². The highest BCUT2D eigenvalue weighted by atomic mass is 35.5. The summed E-state index contributed by atoms with van der Waals surface area (Å²) in [6.07, 6.45) is 0.199. The fourth-order valence-electron chi connectivity index (χ4n) is 2.21. The number of carbonyl (C=O) groups excluding carboxylic acids is 1. The van der Waals surface area contributed by atoms with Gasteiger partial charge in [0, 0.05) is 30.1 Å². The molecule has 1 unspecified atom stereocenters.